The van der Waals surface area contributed by atoms with Crippen molar-refractivity contribution in [3.63, 3.8) is 0 Å². The van der Waals surface area contributed by atoms with E-state index in [0.29, 0.717) is 0 Å². The molecular formula is C45H32N2. The largest absolute Gasteiger partial charge is 0.310 e. The summed E-state index contributed by atoms with van der Waals surface area (Å²) in [5.41, 5.74) is 10.9. The molecule has 0 aliphatic heterocycles. The van der Waals surface area contributed by atoms with Crippen LogP contribution >= 0.6 is 0 Å². The van der Waals surface area contributed by atoms with Crippen molar-refractivity contribution < 1.29 is 0 Å². The van der Waals surface area contributed by atoms with Gasteiger partial charge in [-0.05, 0) is 82.4 Å². The quantitative estimate of drug-likeness (QED) is 0.178. The molecule has 0 saturated carbocycles. The van der Waals surface area contributed by atoms with Crippen LogP contribution in [0.2, 0.25) is 0 Å². The van der Waals surface area contributed by atoms with Crippen molar-refractivity contribution in [3.05, 3.63) is 187 Å². The third-order valence-corrected chi connectivity index (χ3v) is 9.40. The summed E-state index contributed by atoms with van der Waals surface area (Å²) in [5, 5.41) is 6.21. The summed E-state index contributed by atoms with van der Waals surface area (Å²) in [7, 11) is 0. The molecule has 0 bridgehead atoms. The van der Waals surface area contributed by atoms with Crippen molar-refractivity contribution in [1.82, 2.24) is 4.57 Å². The molecule has 222 valence electrons. The second-order valence-electron chi connectivity index (χ2n) is 12.1. The highest BCUT2D eigenvalue weighted by molar-refractivity contribution is 6.22. The van der Waals surface area contributed by atoms with Crippen LogP contribution < -0.4 is 4.90 Å². The fraction of sp³-hybridized carbons (Fsp3) is 0.0222. The van der Waals surface area contributed by atoms with Gasteiger partial charge in [0.1, 0.15) is 0 Å². The Morgan fingerprint density at radius 1 is 0.489 bits per heavy atom. The Morgan fingerprint density at radius 2 is 1.09 bits per heavy atom. The van der Waals surface area contributed by atoms with Crippen LogP contribution in [0.25, 0.3) is 55.3 Å². The highest BCUT2D eigenvalue weighted by atomic mass is 15.1. The number of nitrogens with zero attached hydrogens (tertiary/aromatic N) is 2. The molecule has 7 aromatic carbocycles. The Labute approximate surface area is 274 Å². The average molecular weight is 601 g/mol. The maximum Gasteiger partial charge on any atom is 0.0618 e. The van der Waals surface area contributed by atoms with E-state index in [1.54, 1.807) is 0 Å². The first kappa shape index (κ1) is 27.2. The molecule has 0 fully saturated rings. The molecule has 1 aromatic heterocycles. The molecule has 0 N–H and O–H groups in total. The monoisotopic (exact) mass is 600 g/mol. The summed E-state index contributed by atoms with van der Waals surface area (Å²) in [6.07, 6.45) is 9.72. The number of hydrogen-bond acceptors (Lipinski definition) is 1. The zero-order chi connectivity index (χ0) is 31.2. The molecule has 1 aliphatic rings. The minimum atomic E-state index is 0.880. The van der Waals surface area contributed by atoms with E-state index in [0.717, 1.165) is 17.8 Å². The molecule has 0 amide bonds. The van der Waals surface area contributed by atoms with E-state index in [-0.39, 0.29) is 0 Å². The molecule has 0 spiro atoms. The number of anilines is 3. The van der Waals surface area contributed by atoms with Crippen molar-refractivity contribution in [3.8, 4) is 16.8 Å². The predicted molar refractivity (Wildman–Crippen MR) is 200 cm³/mol. The van der Waals surface area contributed by atoms with Crippen LogP contribution in [0.15, 0.2) is 176 Å². The normalized spacial score (nSPS) is 12.4. The Hall–Kier alpha value is -6.12. The fourth-order valence-corrected chi connectivity index (χ4v) is 7.41. The van der Waals surface area contributed by atoms with Gasteiger partial charge in [0.2, 0.25) is 0 Å². The van der Waals surface area contributed by atoms with Crippen LogP contribution in [-0.2, 0) is 6.42 Å². The lowest BCUT2D eigenvalue weighted by molar-refractivity contribution is 1.09. The van der Waals surface area contributed by atoms with Gasteiger partial charge in [-0.2, -0.15) is 0 Å². The first-order valence-electron chi connectivity index (χ1n) is 16.3. The second kappa shape index (κ2) is 11.3. The average Bonchev–Trinajstić information content (AvgIpc) is 3.25. The van der Waals surface area contributed by atoms with Gasteiger partial charge in [0, 0.05) is 33.2 Å². The molecule has 8 aromatic rings. The van der Waals surface area contributed by atoms with Crippen LogP contribution in [0.1, 0.15) is 11.3 Å². The highest BCUT2D eigenvalue weighted by Crippen LogP contribution is 2.48. The Morgan fingerprint density at radius 3 is 1.77 bits per heavy atom. The zero-order valence-corrected chi connectivity index (χ0v) is 25.9. The Bertz CT molecular complexity index is 2410. The lowest BCUT2D eigenvalue weighted by Crippen LogP contribution is -2.11. The summed E-state index contributed by atoms with van der Waals surface area (Å²) in [6, 6.07) is 57.1. The summed E-state index contributed by atoms with van der Waals surface area (Å²) >= 11 is 0. The number of fused-ring (bicyclic) bond motifs is 5. The number of hydrogen-bond donors (Lipinski definition) is 0. The van der Waals surface area contributed by atoms with Gasteiger partial charge in [-0.3, -0.25) is 0 Å². The van der Waals surface area contributed by atoms with Crippen LogP contribution in [0, 0.1) is 0 Å². The van der Waals surface area contributed by atoms with Gasteiger partial charge in [-0.15, -0.1) is 0 Å². The maximum atomic E-state index is 2.47. The summed E-state index contributed by atoms with van der Waals surface area (Å²) < 4.78 is 2.41. The number of benzene rings is 7. The van der Waals surface area contributed by atoms with Gasteiger partial charge in [-0.25, -0.2) is 0 Å². The lowest BCUT2D eigenvalue weighted by atomic mass is 9.90. The smallest absolute Gasteiger partial charge is 0.0618 e. The molecule has 0 atom stereocenters. The topological polar surface area (TPSA) is 8.17 Å². The maximum absolute atomic E-state index is 2.47. The molecule has 0 unspecified atom stereocenters. The third kappa shape index (κ3) is 4.49. The molecule has 2 heteroatoms. The van der Waals surface area contributed by atoms with Crippen LogP contribution in [0.3, 0.4) is 0 Å². The van der Waals surface area contributed by atoms with Crippen molar-refractivity contribution in [2.24, 2.45) is 0 Å². The van der Waals surface area contributed by atoms with Crippen molar-refractivity contribution in [1.29, 1.82) is 0 Å². The molecule has 2 nitrogen and oxygen atoms in total. The van der Waals surface area contributed by atoms with Gasteiger partial charge in [0.05, 0.1) is 16.9 Å². The van der Waals surface area contributed by atoms with Crippen molar-refractivity contribution >= 4 is 55.6 Å². The van der Waals surface area contributed by atoms with Gasteiger partial charge in [0.25, 0.3) is 0 Å². The molecule has 9 rings (SSSR count). The van der Waals surface area contributed by atoms with Crippen molar-refractivity contribution in [2.75, 3.05) is 4.90 Å². The van der Waals surface area contributed by atoms with Crippen LogP contribution in [0.4, 0.5) is 17.1 Å². The van der Waals surface area contributed by atoms with E-state index in [9.17, 15) is 0 Å². The molecular weight excluding hydrogens is 569 g/mol. The number of rotatable bonds is 5. The van der Waals surface area contributed by atoms with E-state index < -0.39 is 0 Å². The summed E-state index contributed by atoms with van der Waals surface area (Å²) in [5.74, 6) is 0. The van der Waals surface area contributed by atoms with Gasteiger partial charge in [-0.1, -0.05) is 133 Å². The van der Waals surface area contributed by atoms with Gasteiger partial charge >= 0.3 is 0 Å². The molecule has 1 aliphatic carbocycles. The minimum absolute atomic E-state index is 0.880. The Balaban J connectivity index is 1.37. The lowest BCUT2D eigenvalue weighted by Gasteiger charge is -2.29. The molecule has 47 heavy (non-hydrogen) atoms. The van der Waals surface area contributed by atoms with E-state index in [4.69, 9.17) is 0 Å². The van der Waals surface area contributed by atoms with E-state index in [1.807, 2.05) is 0 Å². The fourth-order valence-electron chi connectivity index (χ4n) is 7.41. The molecule has 0 radical (unpaired) electrons. The molecule has 1 heterocycles. The Kier molecular flexibility index (Phi) is 6.57. The standard InChI is InChI=1S/C45H32N2/c1-5-17-32(18-6-1)44-37-24-13-15-26-39(37)45(40-27-16-14-25-38(40)44)46(33-19-7-2-8-20-33)35-29-30-43-41(31-35)36-23-11-4-12-28-42(36)47(43)34-21-9-3-10-22-34/h1-22,24-31H,23H2. The number of para-hydroxylation sites is 2. The van der Waals surface area contributed by atoms with E-state index >= 15 is 0 Å². The molecule has 0 saturated heterocycles. The first-order valence-corrected chi connectivity index (χ1v) is 16.3. The second-order valence-corrected chi connectivity index (χ2v) is 12.1. The summed E-state index contributed by atoms with van der Waals surface area (Å²) in [4.78, 5) is 2.47. The van der Waals surface area contributed by atoms with E-state index in [1.165, 1.54) is 66.2 Å². The minimum Gasteiger partial charge on any atom is -0.310 e. The van der Waals surface area contributed by atoms with Crippen LogP contribution in [-0.4, -0.2) is 4.57 Å². The van der Waals surface area contributed by atoms with Crippen LogP contribution in [0.5, 0.6) is 0 Å². The van der Waals surface area contributed by atoms with E-state index in [2.05, 4.69) is 191 Å². The number of allylic oxidation sites excluding steroid dienone is 3. The van der Waals surface area contributed by atoms with Gasteiger partial charge < -0.3 is 9.47 Å². The predicted octanol–water partition coefficient (Wildman–Crippen LogP) is 12.2. The third-order valence-electron chi connectivity index (χ3n) is 9.40. The SMILES string of the molecule is C1=CCc2c(n(-c3ccccc3)c3ccc(N(c4ccccc4)c4c5ccccc5c(-c5ccccc5)c5ccccc45)cc23)C=C1. The first-order chi connectivity index (χ1) is 23.4. The summed E-state index contributed by atoms with van der Waals surface area (Å²) in [6.45, 7) is 0. The zero-order valence-electron chi connectivity index (χ0n) is 25.9. The van der Waals surface area contributed by atoms with Gasteiger partial charge in [0.15, 0.2) is 0 Å². The number of aromatic nitrogens is 1. The van der Waals surface area contributed by atoms with Crippen molar-refractivity contribution in [2.45, 2.75) is 6.42 Å². The highest BCUT2D eigenvalue weighted by Gasteiger charge is 2.24.